The molecular formula is C12H20N2O2S. The van der Waals surface area contributed by atoms with E-state index in [1.165, 1.54) is 4.31 Å². The van der Waals surface area contributed by atoms with Gasteiger partial charge in [0.15, 0.2) is 0 Å². The van der Waals surface area contributed by atoms with Gasteiger partial charge in [-0.15, -0.1) is 0 Å². The minimum atomic E-state index is -3.34. The van der Waals surface area contributed by atoms with E-state index in [1.807, 2.05) is 32.0 Å². The molecule has 4 nitrogen and oxygen atoms in total. The molecule has 0 fully saturated rings. The largest absolute Gasteiger partial charge is 0.308 e. The molecule has 96 valence electrons. The Balaban J connectivity index is 2.87. The third-order valence-electron chi connectivity index (χ3n) is 2.53. The van der Waals surface area contributed by atoms with Crippen LogP contribution in [-0.4, -0.2) is 51.4 Å². The van der Waals surface area contributed by atoms with Crippen molar-refractivity contribution in [2.24, 2.45) is 0 Å². The quantitative estimate of drug-likeness (QED) is 0.769. The summed E-state index contributed by atoms with van der Waals surface area (Å²) in [7, 11) is 0.527. The van der Waals surface area contributed by atoms with E-state index in [9.17, 15) is 8.42 Å². The zero-order chi connectivity index (χ0) is 12.9. The monoisotopic (exact) mass is 256 g/mol. The number of hydrogen-bond donors (Lipinski definition) is 0. The first-order valence-electron chi connectivity index (χ1n) is 5.68. The predicted octanol–water partition coefficient (Wildman–Crippen LogP) is 1.26. The first-order valence-corrected chi connectivity index (χ1v) is 7.12. The van der Waals surface area contributed by atoms with Crippen LogP contribution < -0.4 is 0 Å². The number of nitrogens with zero attached hydrogens (tertiary/aromatic N) is 2. The van der Waals surface area contributed by atoms with Crippen LogP contribution in [0.2, 0.25) is 0 Å². The fraction of sp³-hybridized carbons (Fsp3) is 0.500. The molecular weight excluding hydrogens is 236 g/mol. The summed E-state index contributed by atoms with van der Waals surface area (Å²) in [5.41, 5.74) is 0. The second-order valence-electron chi connectivity index (χ2n) is 4.11. The van der Waals surface area contributed by atoms with Gasteiger partial charge in [-0.05, 0) is 26.2 Å². The molecule has 0 radical (unpaired) electrons. The lowest BCUT2D eigenvalue weighted by atomic mass is 10.4. The Kier molecular flexibility index (Phi) is 5.11. The lowest BCUT2D eigenvalue weighted by Gasteiger charge is -2.22. The fourth-order valence-corrected chi connectivity index (χ4v) is 2.96. The van der Waals surface area contributed by atoms with Crippen molar-refractivity contribution in [1.29, 1.82) is 0 Å². The van der Waals surface area contributed by atoms with Gasteiger partial charge >= 0.3 is 0 Å². The Morgan fingerprint density at radius 2 is 1.65 bits per heavy atom. The van der Waals surface area contributed by atoms with Gasteiger partial charge in [0.25, 0.3) is 0 Å². The van der Waals surface area contributed by atoms with Crippen LogP contribution in [0.3, 0.4) is 0 Å². The lowest BCUT2D eigenvalue weighted by molar-refractivity contribution is 0.340. The Morgan fingerprint density at radius 1 is 1.06 bits per heavy atom. The zero-order valence-corrected chi connectivity index (χ0v) is 11.4. The minimum absolute atomic E-state index is 0.362. The normalized spacial score (nSPS) is 12.3. The van der Waals surface area contributed by atoms with Crippen molar-refractivity contribution in [3.05, 3.63) is 30.3 Å². The van der Waals surface area contributed by atoms with E-state index < -0.39 is 10.0 Å². The van der Waals surface area contributed by atoms with E-state index in [0.29, 0.717) is 18.0 Å². The Bertz CT molecular complexity index is 429. The van der Waals surface area contributed by atoms with Crippen LogP contribution in [0.1, 0.15) is 6.92 Å². The highest BCUT2D eigenvalue weighted by Gasteiger charge is 2.22. The molecule has 0 N–H and O–H groups in total. The molecule has 0 amide bonds. The number of rotatable bonds is 6. The molecule has 0 heterocycles. The summed E-state index contributed by atoms with van der Waals surface area (Å²) in [6.45, 7) is 3.59. The molecule has 0 aliphatic rings. The highest BCUT2D eigenvalue weighted by Crippen LogP contribution is 2.14. The highest BCUT2D eigenvalue weighted by atomic mass is 32.2. The van der Waals surface area contributed by atoms with Gasteiger partial charge in [0, 0.05) is 19.6 Å². The first-order chi connectivity index (χ1) is 7.98. The van der Waals surface area contributed by atoms with Crippen molar-refractivity contribution in [3.8, 4) is 0 Å². The van der Waals surface area contributed by atoms with E-state index in [2.05, 4.69) is 0 Å². The SMILES string of the molecule is CCN(CCN(C)C)S(=O)(=O)c1ccccc1. The summed E-state index contributed by atoms with van der Waals surface area (Å²) in [4.78, 5) is 2.34. The zero-order valence-electron chi connectivity index (χ0n) is 10.6. The number of likely N-dealkylation sites (N-methyl/N-ethyl adjacent to an activating group) is 2. The first kappa shape index (κ1) is 14.2. The van der Waals surface area contributed by atoms with Gasteiger partial charge in [0.2, 0.25) is 10.0 Å². The van der Waals surface area contributed by atoms with Crippen LogP contribution in [0.15, 0.2) is 35.2 Å². The molecule has 0 atom stereocenters. The molecule has 5 heteroatoms. The van der Waals surface area contributed by atoms with Gasteiger partial charge in [-0.25, -0.2) is 8.42 Å². The lowest BCUT2D eigenvalue weighted by Crippen LogP contribution is -2.36. The van der Waals surface area contributed by atoms with Crippen LogP contribution in [0.5, 0.6) is 0 Å². The maximum atomic E-state index is 12.3. The highest BCUT2D eigenvalue weighted by molar-refractivity contribution is 7.89. The molecule has 0 bridgehead atoms. The molecule has 0 saturated heterocycles. The molecule has 0 spiro atoms. The molecule has 1 aromatic rings. The fourth-order valence-electron chi connectivity index (χ4n) is 1.50. The van der Waals surface area contributed by atoms with Crippen molar-refractivity contribution in [3.63, 3.8) is 0 Å². The van der Waals surface area contributed by atoms with E-state index in [4.69, 9.17) is 0 Å². The average molecular weight is 256 g/mol. The van der Waals surface area contributed by atoms with Crippen LogP contribution >= 0.6 is 0 Å². The minimum Gasteiger partial charge on any atom is -0.308 e. The topological polar surface area (TPSA) is 40.6 Å². The maximum Gasteiger partial charge on any atom is 0.243 e. The van der Waals surface area contributed by atoms with Gasteiger partial charge in [0.05, 0.1) is 4.90 Å². The van der Waals surface area contributed by atoms with Crippen molar-refractivity contribution in [2.75, 3.05) is 33.7 Å². The summed E-state index contributed by atoms with van der Waals surface area (Å²) < 4.78 is 26.1. The van der Waals surface area contributed by atoms with E-state index in [0.717, 1.165) is 6.54 Å². The Hall–Kier alpha value is -0.910. The summed E-state index contributed by atoms with van der Waals surface area (Å²) in [5.74, 6) is 0. The molecule has 17 heavy (non-hydrogen) atoms. The standard InChI is InChI=1S/C12H20N2O2S/c1-4-14(11-10-13(2)3)17(15,16)12-8-6-5-7-9-12/h5-9H,4,10-11H2,1-3H3. The summed E-state index contributed by atoms with van der Waals surface area (Å²) >= 11 is 0. The van der Waals surface area contributed by atoms with Crippen molar-refractivity contribution >= 4 is 10.0 Å². The Labute approximate surface area is 104 Å². The van der Waals surface area contributed by atoms with Crippen LogP contribution in [-0.2, 0) is 10.0 Å². The molecule has 1 aromatic carbocycles. The van der Waals surface area contributed by atoms with Gasteiger partial charge < -0.3 is 4.90 Å². The Morgan fingerprint density at radius 3 is 2.12 bits per heavy atom. The van der Waals surface area contributed by atoms with Gasteiger partial charge in [-0.2, -0.15) is 4.31 Å². The van der Waals surface area contributed by atoms with Gasteiger partial charge in [-0.1, -0.05) is 25.1 Å². The second kappa shape index (κ2) is 6.14. The number of sulfonamides is 1. The number of benzene rings is 1. The summed E-state index contributed by atoms with van der Waals surface area (Å²) in [6.07, 6.45) is 0. The smallest absolute Gasteiger partial charge is 0.243 e. The molecule has 0 unspecified atom stereocenters. The molecule has 0 aliphatic heterocycles. The predicted molar refractivity (Wildman–Crippen MR) is 69.4 cm³/mol. The third kappa shape index (κ3) is 3.80. The van der Waals surface area contributed by atoms with E-state index >= 15 is 0 Å². The van der Waals surface area contributed by atoms with Crippen molar-refractivity contribution < 1.29 is 8.42 Å². The van der Waals surface area contributed by atoms with Gasteiger partial charge in [0.1, 0.15) is 0 Å². The number of hydrogen-bond acceptors (Lipinski definition) is 3. The molecule has 0 aliphatic carbocycles. The van der Waals surface area contributed by atoms with E-state index in [-0.39, 0.29) is 0 Å². The average Bonchev–Trinajstić information content (AvgIpc) is 2.30. The van der Waals surface area contributed by atoms with Crippen LogP contribution in [0.4, 0.5) is 0 Å². The second-order valence-corrected chi connectivity index (χ2v) is 6.05. The summed E-state index contributed by atoms with van der Waals surface area (Å²) in [5, 5.41) is 0. The maximum absolute atomic E-state index is 12.3. The summed E-state index contributed by atoms with van der Waals surface area (Å²) in [6, 6.07) is 8.57. The van der Waals surface area contributed by atoms with Gasteiger partial charge in [-0.3, -0.25) is 0 Å². The van der Waals surface area contributed by atoms with E-state index in [1.54, 1.807) is 24.3 Å². The third-order valence-corrected chi connectivity index (χ3v) is 4.52. The van der Waals surface area contributed by atoms with Crippen LogP contribution in [0, 0.1) is 0 Å². The van der Waals surface area contributed by atoms with Crippen LogP contribution in [0.25, 0.3) is 0 Å². The van der Waals surface area contributed by atoms with Crippen molar-refractivity contribution in [2.45, 2.75) is 11.8 Å². The molecule has 0 saturated carbocycles. The van der Waals surface area contributed by atoms with Crippen molar-refractivity contribution in [1.82, 2.24) is 9.21 Å². The molecule has 1 rings (SSSR count). The molecule has 0 aromatic heterocycles.